The fourth-order valence-corrected chi connectivity index (χ4v) is 3.36. The Balaban J connectivity index is 1.70. The van der Waals surface area contributed by atoms with Crippen LogP contribution in [0.5, 0.6) is 0 Å². The number of halogens is 1. The molecule has 0 bridgehead atoms. The fourth-order valence-electron chi connectivity index (χ4n) is 3.36. The Kier molecular flexibility index (Phi) is 2.39. The van der Waals surface area contributed by atoms with E-state index in [-0.39, 0.29) is 5.82 Å². The van der Waals surface area contributed by atoms with Gasteiger partial charge in [-0.3, -0.25) is 4.48 Å². The maximum Gasteiger partial charge on any atom is 0.190 e. The molecule has 0 unspecified atom stereocenters. The number of nitrogens with zero attached hydrogens (tertiary/aromatic N) is 2. The third-order valence-corrected chi connectivity index (χ3v) is 4.63. The van der Waals surface area contributed by atoms with Crippen LogP contribution >= 0.6 is 0 Å². The molecule has 1 aromatic carbocycles. The van der Waals surface area contributed by atoms with Crippen molar-refractivity contribution in [1.82, 2.24) is 0 Å². The van der Waals surface area contributed by atoms with Crippen LogP contribution in [0.1, 0.15) is 31.2 Å². The predicted octanol–water partition coefficient (Wildman–Crippen LogP) is 3.35. The number of hydrogen-bond acceptors (Lipinski definition) is 1. The van der Waals surface area contributed by atoms with Crippen molar-refractivity contribution in [3.63, 3.8) is 0 Å². The van der Waals surface area contributed by atoms with Crippen LogP contribution in [0.15, 0.2) is 35.5 Å². The molecular weight excluding hydrogens is 239 g/mol. The van der Waals surface area contributed by atoms with Crippen LogP contribution in [-0.4, -0.2) is 29.5 Å². The standard InChI is InChI=1S/C16H18FN2/c17-16-4-2-1-3-15(16)12-9-18-11-19(10-12,13-5-6-13)14-7-8-14/h1-4,9,11,13-14H,5-8,10H2/q+1. The van der Waals surface area contributed by atoms with Gasteiger partial charge < -0.3 is 0 Å². The van der Waals surface area contributed by atoms with Crippen molar-refractivity contribution in [2.45, 2.75) is 37.8 Å². The van der Waals surface area contributed by atoms with Crippen molar-refractivity contribution in [2.75, 3.05) is 6.54 Å². The first-order chi connectivity index (χ1) is 9.29. The molecule has 2 saturated carbocycles. The Bertz CT molecular complexity index is 556. The third-order valence-electron chi connectivity index (χ3n) is 4.63. The molecule has 0 aromatic heterocycles. The highest BCUT2D eigenvalue weighted by Gasteiger charge is 2.54. The Labute approximate surface area is 112 Å². The molecule has 2 fully saturated rings. The summed E-state index contributed by atoms with van der Waals surface area (Å²) in [6.45, 7) is 0.916. The van der Waals surface area contributed by atoms with E-state index < -0.39 is 0 Å². The quantitative estimate of drug-likeness (QED) is 0.736. The highest BCUT2D eigenvalue weighted by atomic mass is 19.1. The second-order valence-electron chi connectivity index (χ2n) is 6.01. The minimum atomic E-state index is -0.129. The van der Waals surface area contributed by atoms with Gasteiger partial charge in [0.2, 0.25) is 0 Å². The lowest BCUT2D eigenvalue weighted by Gasteiger charge is -2.37. The summed E-state index contributed by atoms with van der Waals surface area (Å²) in [7, 11) is 0. The van der Waals surface area contributed by atoms with Gasteiger partial charge in [-0.1, -0.05) is 18.2 Å². The summed E-state index contributed by atoms with van der Waals surface area (Å²) in [6.07, 6.45) is 9.17. The van der Waals surface area contributed by atoms with Gasteiger partial charge in [-0.2, -0.15) is 0 Å². The lowest BCUT2D eigenvalue weighted by Crippen LogP contribution is -2.52. The van der Waals surface area contributed by atoms with E-state index in [9.17, 15) is 4.39 Å². The monoisotopic (exact) mass is 257 g/mol. The molecule has 1 aromatic rings. The number of rotatable bonds is 3. The largest absolute Gasteiger partial charge is 0.272 e. The molecule has 0 N–H and O–H groups in total. The minimum Gasteiger partial charge on any atom is -0.272 e. The summed E-state index contributed by atoms with van der Waals surface area (Å²) in [4.78, 5) is 4.47. The van der Waals surface area contributed by atoms with Crippen LogP contribution in [0.4, 0.5) is 4.39 Å². The van der Waals surface area contributed by atoms with Crippen molar-refractivity contribution < 1.29 is 8.87 Å². The first kappa shape index (κ1) is 11.4. The summed E-state index contributed by atoms with van der Waals surface area (Å²) in [5, 5.41) is 0. The molecule has 1 aliphatic heterocycles. The van der Waals surface area contributed by atoms with Gasteiger partial charge in [0, 0.05) is 43.0 Å². The molecule has 4 rings (SSSR count). The highest BCUT2D eigenvalue weighted by Crippen LogP contribution is 2.46. The van der Waals surface area contributed by atoms with Gasteiger partial charge >= 0.3 is 0 Å². The van der Waals surface area contributed by atoms with E-state index in [4.69, 9.17) is 0 Å². The molecule has 0 radical (unpaired) electrons. The molecule has 3 aliphatic rings. The summed E-state index contributed by atoms with van der Waals surface area (Å²) in [5.74, 6) is -0.129. The van der Waals surface area contributed by atoms with E-state index in [2.05, 4.69) is 11.3 Å². The maximum atomic E-state index is 14.0. The van der Waals surface area contributed by atoms with Gasteiger partial charge in [-0.15, -0.1) is 0 Å². The van der Waals surface area contributed by atoms with E-state index in [1.165, 1.54) is 31.7 Å². The Morgan fingerprint density at radius 1 is 1.05 bits per heavy atom. The van der Waals surface area contributed by atoms with E-state index in [1.807, 2.05) is 18.3 Å². The second kappa shape index (κ2) is 4.01. The number of hydrogen-bond donors (Lipinski definition) is 0. The third kappa shape index (κ3) is 1.84. The van der Waals surface area contributed by atoms with E-state index in [1.54, 1.807) is 6.07 Å². The molecule has 0 spiro atoms. The van der Waals surface area contributed by atoms with Gasteiger partial charge in [-0.25, -0.2) is 9.38 Å². The van der Waals surface area contributed by atoms with Crippen LogP contribution in [-0.2, 0) is 0 Å². The summed E-state index contributed by atoms with van der Waals surface area (Å²) in [5.41, 5.74) is 1.78. The van der Waals surface area contributed by atoms with Gasteiger partial charge in [-0.05, 0) is 6.07 Å². The number of quaternary nitrogens is 1. The zero-order valence-corrected chi connectivity index (χ0v) is 10.9. The molecule has 0 amide bonds. The fraction of sp³-hybridized carbons (Fsp3) is 0.438. The van der Waals surface area contributed by atoms with Crippen molar-refractivity contribution in [3.8, 4) is 0 Å². The molecule has 19 heavy (non-hydrogen) atoms. The summed E-state index contributed by atoms with van der Waals surface area (Å²) >= 11 is 0. The number of benzene rings is 1. The van der Waals surface area contributed by atoms with E-state index >= 15 is 0 Å². The van der Waals surface area contributed by atoms with Crippen molar-refractivity contribution in [1.29, 1.82) is 0 Å². The average Bonchev–Trinajstić information content (AvgIpc) is 3.32. The van der Waals surface area contributed by atoms with Crippen LogP contribution in [0, 0.1) is 5.82 Å². The molecule has 2 nitrogen and oxygen atoms in total. The van der Waals surface area contributed by atoms with Crippen molar-refractivity contribution in [2.24, 2.45) is 4.99 Å². The Morgan fingerprint density at radius 3 is 2.37 bits per heavy atom. The van der Waals surface area contributed by atoms with Gasteiger partial charge in [0.1, 0.15) is 12.4 Å². The van der Waals surface area contributed by atoms with Crippen LogP contribution in [0.3, 0.4) is 0 Å². The first-order valence-corrected chi connectivity index (χ1v) is 7.15. The molecule has 3 heteroatoms. The van der Waals surface area contributed by atoms with Gasteiger partial charge in [0.05, 0.1) is 12.1 Å². The topological polar surface area (TPSA) is 12.4 Å². The molecule has 0 atom stereocenters. The summed E-state index contributed by atoms with van der Waals surface area (Å²) < 4.78 is 14.9. The van der Waals surface area contributed by atoms with Crippen LogP contribution in [0.2, 0.25) is 0 Å². The molecule has 1 heterocycles. The SMILES string of the molecule is Fc1ccccc1C1=CN=C[N+](C2CC2)(C2CC2)C1. The Morgan fingerprint density at radius 2 is 1.74 bits per heavy atom. The minimum absolute atomic E-state index is 0.129. The number of aliphatic imine (C=N–C) groups is 1. The smallest absolute Gasteiger partial charge is 0.190 e. The highest BCUT2D eigenvalue weighted by molar-refractivity contribution is 5.71. The lowest BCUT2D eigenvalue weighted by atomic mass is 10.0. The zero-order chi connectivity index (χ0) is 12.9. The lowest BCUT2D eigenvalue weighted by molar-refractivity contribution is -0.850. The summed E-state index contributed by atoms with van der Waals surface area (Å²) in [6, 6.07) is 8.52. The van der Waals surface area contributed by atoms with Crippen molar-refractivity contribution in [3.05, 3.63) is 41.8 Å². The maximum absolute atomic E-state index is 14.0. The molecule has 0 saturated heterocycles. The van der Waals surface area contributed by atoms with Gasteiger partial charge in [0.15, 0.2) is 6.34 Å². The van der Waals surface area contributed by atoms with Crippen LogP contribution in [0.25, 0.3) is 5.57 Å². The first-order valence-electron chi connectivity index (χ1n) is 7.15. The van der Waals surface area contributed by atoms with Crippen molar-refractivity contribution >= 4 is 11.9 Å². The van der Waals surface area contributed by atoms with E-state index in [0.29, 0.717) is 0 Å². The average molecular weight is 257 g/mol. The van der Waals surface area contributed by atoms with Crippen LogP contribution < -0.4 is 0 Å². The molecular formula is C16H18FN2+. The normalized spacial score (nSPS) is 25.2. The van der Waals surface area contributed by atoms with Gasteiger partial charge in [0.25, 0.3) is 0 Å². The predicted molar refractivity (Wildman–Crippen MR) is 74.0 cm³/mol. The zero-order valence-electron chi connectivity index (χ0n) is 10.9. The second-order valence-corrected chi connectivity index (χ2v) is 6.01. The molecule has 98 valence electrons. The Hall–Kier alpha value is -1.48. The molecule has 2 aliphatic carbocycles. The van der Waals surface area contributed by atoms with E-state index in [0.717, 1.165) is 34.2 Å².